The predicted molar refractivity (Wildman–Crippen MR) is 185 cm³/mol. The van der Waals surface area contributed by atoms with Gasteiger partial charge in [0.1, 0.15) is 0 Å². The van der Waals surface area contributed by atoms with Crippen LogP contribution in [0.2, 0.25) is 0 Å². The van der Waals surface area contributed by atoms with E-state index in [1.807, 2.05) is 91.0 Å². The van der Waals surface area contributed by atoms with Crippen LogP contribution in [0.25, 0.3) is 0 Å². The number of carbonyl (C=O) groups excluding carboxylic acids is 4. The van der Waals surface area contributed by atoms with Gasteiger partial charge >= 0.3 is 5.97 Å². The molecule has 48 heavy (non-hydrogen) atoms. The minimum absolute atomic E-state index is 0.193. The number of hydrogen-bond acceptors (Lipinski definition) is 7. The normalized spacial score (nSPS) is 18.4. The number of amides is 2. The Kier molecular flexibility index (Phi) is 10.0. The highest BCUT2D eigenvalue weighted by Gasteiger charge is 2.53. The maximum Gasteiger partial charge on any atom is 0.357 e. The first kappa shape index (κ1) is 33.1. The van der Waals surface area contributed by atoms with Gasteiger partial charge < -0.3 is 19.6 Å². The summed E-state index contributed by atoms with van der Waals surface area (Å²) < 4.78 is 5.34. The molecule has 1 N–H and O–H groups in total. The number of hydrogen-bond donors (Lipinski definition) is 1. The zero-order valence-corrected chi connectivity index (χ0v) is 27.4. The number of hydroxylamine groups is 2. The number of ether oxygens (including phenoxy) is 1. The van der Waals surface area contributed by atoms with Crippen molar-refractivity contribution in [2.24, 2.45) is 5.92 Å². The van der Waals surface area contributed by atoms with Gasteiger partial charge in [0.15, 0.2) is 5.78 Å². The molecule has 0 unspecified atom stereocenters. The van der Waals surface area contributed by atoms with Gasteiger partial charge in [-0.05, 0) is 41.9 Å². The molecule has 9 nitrogen and oxygen atoms in total. The van der Waals surface area contributed by atoms with Crippen LogP contribution < -0.4 is 15.9 Å². The SMILES string of the molecule is C[C@@H](O)[C@H]1C(=O)N(OC(=O)C=P(c2ccccc2)(c2ccccc2)c2ccccc2)[C@@H]1CC(=O)c1cccc(C(=O)N2CCOCC2)c1. The van der Waals surface area contributed by atoms with Crippen molar-refractivity contribution >= 4 is 52.2 Å². The first-order valence-electron chi connectivity index (χ1n) is 15.9. The lowest BCUT2D eigenvalue weighted by atomic mass is 9.81. The van der Waals surface area contributed by atoms with Crippen LogP contribution in [-0.4, -0.2) is 82.9 Å². The summed E-state index contributed by atoms with van der Waals surface area (Å²) in [5.41, 5.74) is 0.665. The molecule has 6 rings (SSSR count). The van der Waals surface area contributed by atoms with Crippen molar-refractivity contribution in [1.82, 2.24) is 9.96 Å². The molecular weight excluding hydrogens is 627 g/mol. The monoisotopic (exact) mass is 664 g/mol. The van der Waals surface area contributed by atoms with E-state index in [9.17, 15) is 24.3 Å². The summed E-state index contributed by atoms with van der Waals surface area (Å²) in [5.74, 6) is -1.23. The average molecular weight is 665 g/mol. The third-order valence-electron chi connectivity index (χ3n) is 8.84. The Hall–Kier alpha value is -4.82. The zero-order valence-electron chi connectivity index (χ0n) is 26.6. The largest absolute Gasteiger partial charge is 0.393 e. The van der Waals surface area contributed by atoms with E-state index >= 15 is 0 Å². The molecule has 0 spiro atoms. The van der Waals surface area contributed by atoms with Gasteiger partial charge in [0.2, 0.25) is 0 Å². The van der Waals surface area contributed by atoms with Crippen LogP contribution in [-0.2, 0) is 19.2 Å². The number of morpholine rings is 1. The third-order valence-corrected chi connectivity index (χ3v) is 12.8. The van der Waals surface area contributed by atoms with Crippen LogP contribution in [0.1, 0.15) is 34.1 Å². The standard InChI is InChI=1S/C38H37N2O7P/c1-27(41)36-33(25-34(42)28-12-11-13-29(24-28)37(44)39-20-22-46-23-21-39)40(38(36)45)47-35(43)26-48(30-14-5-2-6-15-30,31-16-7-3-8-17-31)32-18-9-4-10-19-32/h2-19,24,26-27,33,36,41H,20-23,25H2,1H3/t27-,33-,36-/m1/s1. The zero-order chi connectivity index (χ0) is 33.7. The number of ketones is 1. The lowest BCUT2D eigenvalue weighted by Gasteiger charge is -2.45. The Labute approximate surface area is 279 Å². The van der Waals surface area contributed by atoms with Crippen molar-refractivity contribution in [3.63, 3.8) is 0 Å². The Morgan fingerprint density at radius 1 is 0.833 bits per heavy atom. The molecule has 2 saturated heterocycles. The minimum Gasteiger partial charge on any atom is -0.393 e. The molecular formula is C38H37N2O7P. The molecule has 0 aliphatic carbocycles. The number of β-lactam (4-membered cyclic amide) rings is 1. The molecule has 10 heteroatoms. The average Bonchev–Trinajstić information content (AvgIpc) is 3.13. The lowest BCUT2D eigenvalue weighted by molar-refractivity contribution is -0.240. The number of aliphatic hydroxyl groups excluding tert-OH is 1. The molecule has 0 bridgehead atoms. The Morgan fingerprint density at radius 3 is 1.88 bits per heavy atom. The van der Waals surface area contributed by atoms with Crippen LogP contribution in [0.4, 0.5) is 0 Å². The van der Waals surface area contributed by atoms with Crippen LogP contribution in [0, 0.1) is 5.92 Å². The lowest BCUT2D eigenvalue weighted by Crippen LogP contribution is -2.65. The maximum absolute atomic E-state index is 13.9. The predicted octanol–water partition coefficient (Wildman–Crippen LogP) is 3.19. The summed E-state index contributed by atoms with van der Waals surface area (Å²) in [5, 5.41) is 14.2. The smallest absolute Gasteiger partial charge is 0.357 e. The van der Waals surface area contributed by atoms with E-state index in [1.165, 1.54) is 6.92 Å². The van der Waals surface area contributed by atoms with Crippen LogP contribution >= 0.6 is 6.89 Å². The van der Waals surface area contributed by atoms with Gasteiger partial charge in [-0.3, -0.25) is 14.4 Å². The quantitative estimate of drug-likeness (QED) is 0.158. The minimum atomic E-state index is -2.73. The number of benzene rings is 4. The molecule has 0 aromatic heterocycles. The second kappa shape index (κ2) is 14.5. The van der Waals surface area contributed by atoms with E-state index in [0.717, 1.165) is 21.0 Å². The van der Waals surface area contributed by atoms with Gasteiger partial charge in [0, 0.05) is 36.4 Å². The molecule has 3 atom stereocenters. The topological polar surface area (TPSA) is 113 Å². The first-order chi connectivity index (χ1) is 23.3. The molecule has 0 radical (unpaired) electrons. The number of carbonyl (C=O) groups is 4. The van der Waals surface area contributed by atoms with Crippen LogP contribution in [0.5, 0.6) is 0 Å². The fourth-order valence-corrected chi connectivity index (χ4v) is 10.0. The van der Waals surface area contributed by atoms with Gasteiger partial charge in [0.05, 0.1) is 31.3 Å². The fraction of sp³-hybridized carbons (Fsp3) is 0.237. The molecule has 4 aromatic carbocycles. The maximum atomic E-state index is 13.9. The molecule has 2 heterocycles. The van der Waals surface area contributed by atoms with Crippen LogP contribution in [0.3, 0.4) is 0 Å². The van der Waals surface area contributed by atoms with Gasteiger partial charge in [-0.15, -0.1) is 0 Å². The second-order valence-corrected chi connectivity index (χ2v) is 15.1. The number of rotatable bonds is 10. The summed E-state index contributed by atoms with van der Waals surface area (Å²) in [4.78, 5) is 61.3. The Balaban J connectivity index is 1.30. The van der Waals surface area contributed by atoms with E-state index in [4.69, 9.17) is 9.57 Å². The fourth-order valence-electron chi connectivity index (χ4n) is 6.41. The van der Waals surface area contributed by atoms with Crippen molar-refractivity contribution < 1.29 is 33.9 Å². The van der Waals surface area contributed by atoms with Crippen LogP contribution in [0.15, 0.2) is 115 Å². The highest BCUT2D eigenvalue weighted by atomic mass is 31.2. The summed E-state index contributed by atoms with van der Waals surface area (Å²) in [7, 11) is 0. The highest BCUT2D eigenvalue weighted by molar-refractivity contribution is 7.95. The molecule has 0 saturated carbocycles. The van der Waals surface area contributed by atoms with Crippen molar-refractivity contribution in [3.8, 4) is 0 Å². The van der Waals surface area contributed by atoms with Crippen molar-refractivity contribution in [2.75, 3.05) is 26.3 Å². The van der Waals surface area contributed by atoms with Crippen molar-refractivity contribution in [1.29, 1.82) is 0 Å². The summed E-state index contributed by atoms with van der Waals surface area (Å²) in [6.45, 7) is 0.601. The number of Topliss-reactive ketones (excluding diaryl/α,β-unsaturated/α-hetero) is 1. The molecule has 4 aromatic rings. The first-order valence-corrected chi connectivity index (χ1v) is 17.8. The van der Waals surface area contributed by atoms with Gasteiger partial charge in [-0.25, -0.2) is 4.79 Å². The van der Waals surface area contributed by atoms with E-state index in [0.29, 0.717) is 31.9 Å². The highest BCUT2D eigenvalue weighted by Crippen LogP contribution is 2.44. The van der Waals surface area contributed by atoms with Crippen molar-refractivity contribution in [3.05, 3.63) is 126 Å². The van der Waals surface area contributed by atoms with E-state index < -0.39 is 36.8 Å². The Bertz CT molecular complexity index is 1740. The number of nitrogens with zero attached hydrogens (tertiary/aromatic N) is 2. The molecule has 246 valence electrons. The molecule has 2 aliphatic rings. The summed E-state index contributed by atoms with van der Waals surface area (Å²) >= 11 is 0. The molecule has 2 fully saturated rings. The molecule has 2 aliphatic heterocycles. The van der Waals surface area contributed by atoms with Crippen molar-refractivity contribution in [2.45, 2.75) is 25.5 Å². The van der Waals surface area contributed by atoms with E-state index in [2.05, 4.69) is 0 Å². The summed E-state index contributed by atoms with van der Waals surface area (Å²) in [6, 6.07) is 34.7. The van der Waals surface area contributed by atoms with E-state index in [1.54, 1.807) is 35.0 Å². The number of aliphatic hydroxyl groups is 1. The molecule has 2 amide bonds. The van der Waals surface area contributed by atoms with E-state index in [-0.39, 0.29) is 23.7 Å². The second-order valence-electron chi connectivity index (χ2n) is 11.9. The van der Waals surface area contributed by atoms with Gasteiger partial charge in [0.25, 0.3) is 11.8 Å². The van der Waals surface area contributed by atoms with Gasteiger partial charge in [-0.2, -0.15) is 5.06 Å². The summed E-state index contributed by atoms with van der Waals surface area (Å²) in [6.07, 6.45) is -1.28. The van der Waals surface area contributed by atoms with Gasteiger partial charge in [-0.1, -0.05) is 103 Å². The Morgan fingerprint density at radius 2 is 1.35 bits per heavy atom. The third kappa shape index (κ3) is 6.62.